The van der Waals surface area contributed by atoms with Gasteiger partial charge in [-0.2, -0.15) is 0 Å². The Morgan fingerprint density at radius 3 is 2.50 bits per heavy atom. The molecule has 0 aromatic heterocycles. The van der Waals surface area contributed by atoms with Crippen molar-refractivity contribution in [2.75, 3.05) is 0 Å². The molecule has 0 radical (unpaired) electrons. The van der Waals surface area contributed by atoms with Crippen molar-refractivity contribution in [1.29, 1.82) is 0 Å². The Morgan fingerprint density at radius 2 is 1.80 bits per heavy atom. The molecule has 0 aromatic rings. The summed E-state index contributed by atoms with van der Waals surface area (Å²) in [4.78, 5) is 0. The molecule has 5 atom stereocenters. The van der Waals surface area contributed by atoms with Crippen molar-refractivity contribution in [3.05, 3.63) is 0 Å². The first-order valence-electron chi connectivity index (χ1n) is 3.69. The molecule has 2 aliphatic heterocycles. The van der Waals surface area contributed by atoms with Gasteiger partial charge in [-0.25, -0.2) is 0 Å². The normalized spacial score (nSPS) is 59.7. The number of ether oxygens (including phenoxy) is 2. The number of rotatable bonds is 0. The van der Waals surface area contributed by atoms with Crippen LogP contribution in [0.4, 0.5) is 0 Å². The van der Waals surface area contributed by atoms with Crippen molar-refractivity contribution < 1.29 is 14.6 Å². The van der Waals surface area contributed by atoms with Crippen LogP contribution in [0.5, 0.6) is 0 Å². The van der Waals surface area contributed by atoms with Crippen LogP contribution in [-0.4, -0.2) is 23.8 Å². The molecule has 0 saturated carbocycles. The number of epoxide rings is 1. The molecule has 2 aliphatic rings. The highest BCUT2D eigenvalue weighted by Gasteiger charge is 2.52. The van der Waals surface area contributed by atoms with Gasteiger partial charge in [0.1, 0.15) is 6.10 Å². The zero-order valence-electron chi connectivity index (χ0n) is 6.15. The number of fused-ring (bicyclic) bond motifs is 1. The summed E-state index contributed by atoms with van der Waals surface area (Å²) in [6, 6.07) is 0. The molecule has 0 aliphatic carbocycles. The van der Waals surface area contributed by atoms with E-state index < -0.39 is 6.29 Å². The van der Waals surface area contributed by atoms with Gasteiger partial charge in [0.25, 0.3) is 0 Å². The van der Waals surface area contributed by atoms with E-state index in [4.69, 9.17) is 9.47 Å². The first kappa shape index (κ1) is 6.58. The number of hydrogen-bond acceptors (Lipinski definition) is 3. The fraction of sp³-hybridized carbons (Fsp3) is 1.00. The van der Waals surface area contributed by atoms with Gasteiger partial charge < -0.3 is 14.6 Å². The van der Waals surface area contributed by atoms with E-state index >= 15 is 0 Å². The molecule has 2 heterocycles. The molecular weight excluding hydrogens is 132 g/mol. The van der Waals surface area contributed by atoms with Crippen molar-refractivity contribution in [1.82, 2.24) is 0 Å². The van der Waals surface area contributed by atoms with Crippen LogP contribution >= 0.6 is 0 Å². The van der Waals surface area contributed by atoms with E-state index in [1.54, 1.807) is 0 Å². The molecule has 0 bridgehead atoms. The van der Waals surface area contributed by atoms with Crippen LogP contribution in [0.3, 0.4) is 0 Å². The van der Waals surface area contributed by atoms with Gasteiger partial charge in [-0.05, 0) is 5.92 Å². The standard InChI is InChI=1S/C7H12O3/c1-3-4(2)6(8)10-7-5(3)9-7/h3-8H,1-2H3. The summed E-state index contributed by atoms with van der Waals surface area (Å²) in [6.45, 7) is 4.06. The highest BCUT2D eigenvalue weighted by atomic mass is 16.8. The topological polar surface area (TPSA) is 42.0 Å². The minimum atomic E-state index is -0.626. The average molecular weight is 144 g/mol. The summed E-state index contributed by atoms with van der Waals surface area (Å²) < 4.78 is 10.2. The first-order chi connectivity index (χ1) is 4.70. The number of hydrogen-bond donors (Lipinski definition) is 1. The van der Waals surface area contributed by atoms with Crippen LogP contribution in [0.2, 0.25) is 0 Å². The predicted molar refractivity (Wildman–Crippen MR) is 34.1 cm³/mol. The highest BCUT2D eigenvalue weighted by Crippen LogP contribution is 2.41. The largest absolute Gasteiger partial charge is 0.368 e. The lowest BCUT2D eigenvalue weighted by Crippen LogP contribution is -2.35. The minimum absolute atomic E-state index is 0.110. The molecule has 2 saturated heterocycles. The molecule has 5 unspecified atom stereocenters. The van der Waals surface area contributed by atoms with Gasteiger partial charge in [0.15, 0.2) is 12.6 Å². The molecule has 10 heavy (non-hydrogen) atoms. The van der Waals surface area contributed by atoms with Gasteiger partial charge in [0.05, 0.1) is 0 Å². The predicted octanol–water partition coefficient (Wildman–Crippen LogP) is 0.332. The zero-order valence-corrected chi connectivity index (χ0v) is 6.15. The summed E-state index contributed by atoms with van der Waals surface area (Å²) >= 11 is 0. The van der Waals surface area contributed by atoms with E-state index in [1.165, 1.54) is 0 Å². The second kappa shape index (κ2) is 1.94. The second-order valence-electron chi connectivity index (χ2n) is 3.21. The SMILES string of the molecule is CC1C(O)OC2OC2C1C. The molecular formula is C7H12O3. The number of aliphatic hydroxyl groups excluding tert-OH is 1. The van der Waals surface area contributed by atoms with E-state index in [0.29, 0.717) is 5.92 Å². The van der Waals surface area contributed by atoms with Gasteiger partial charge in [-0.1, -0.05) is 13.8 Å². The summed E-state index contributed by atoms with van der Waals surface area (Å²) in [5, 5.41) is 9.24. The van der Waals surface area contributed by atoms with Crippen molar-refractivity contribution >= 4 is 0 Å². The molecule has 0 spiro atoms. The summed E-state index contributed by atoms with van der Waals surface area (Å²) in [7, 11) is 0. The molecule has 58 valence electrons. The van der Waals surface area contributed by atoms with Gasteiger partial charge in [0, 0.05) is 5.92 Å². The first-order valence-corrected chi connectivity index (χ1v) is 3.69. The molecule has 2 fully saturated rings. The van der Waals surface area contributed by atoms with Crippen LogP contribution in [0.1, 0.15) is 13.8 Å². The van der Waals surface area contributed by atoms with Crippen LogP contribution in [-0.2, 0) is 9.47 Å². The van der Waals surface area contributed by atoms with Crippen molar-refractivity contribution in [3.63, 3.8) is 0 Å². The molecule has 0 amide bonds. The molecule has 3 heteroatoms. The van der Waals surface area contributed by atoms with Crippen molar-refractivity contribution in [2.45, 2.75) is 32.5 Å². The third-order valence-electron chi connectivity index (χ3n) is 2.55. The molecule has 2 rings (SSSR count). The van der Waals surface area contributed by atoms with E-state index in [0.717, 1.165) is 0 Å². The lowest BCUT2D eigenvalue weighted by Gasteiger charge is -2.26. The summed E-state index contributed by atoms with van der Waals surface area (Å²) in [5.41, 5.74) is 0. The van der Waals surface area contributed by atoms with E-state index in [-0.39, 0.29) is 18.3 Å². The Morgan fingerprint density at radius 1 is 1.10 bits per heavy atom. The Labute approximate surface area is 59.9 Å². The zero-order chi connectivity index (χ0) is 7.30. The molecule has 0 aromatic carbocycles. The van der Waals surface area contributed by atoms with Crippen LogP contribution in [0, 0.1) is 11.8 Å². The van der Waals surface area contributed by atoms with Gasteiger partial charge >= 0.3 is 0 Å². The van der Waals surface area contributed by atoms with E-state index in [1.807, 2.05) is 6.92 Å². The van der Waals surface area contributed by atoms with Gasteiger partial charge in [-0.3, -0.25) is 0 Å². The van der Waals surface area contributed by atoms with Crippen LogP contribution in [0.25, 0.3) is 0 Å². The number of aliphatic hydroxyl groups is 1. The van der Waals surface area contributed by atoms with Gasteiger partial charge in [-0.15, -0.1) is 0 Å². The Bertz CT molecular complexity index is 146. The summed E-state index contributed by atoms with van der Waals surface area (Å²) in [5.74, 6) is 0.623. The second-order valence-corrected chi connectivity index (χ2v) is 3.21. The van der Waals surface area contributed by atoms with E-state index in [2.05, 4.69) is 6.92 Å². The maximum atomic E-state index is 9.24. The Hall–Kier alpha value is -0.120. The van der Waals surface area contributed by atoms with E-state index in [9.17, 15) is 5.11 Å². The lowest BCUT2D eigenvalue weighted by atomic mass is 9.90. The van der Waals surface area contributed by atoms with Crippen molar-refractivity contribution in [2.24, 2.45) is 11.8 Å². The third kappa shape index (κ3) is 0.779. The Kier molecular flexibility index (Phi) is 1.27. The maximum Gasteiger partial charge on any atom is 0.187 e. The monoisotopic (exact) mass is 144 g/mol. The Balaban J connectivity index is 2.07. The smallest absolute Gasteiger partial charge is 0.187 e. The lowest BCUT2D eigenvalue weighted by molar-refractivity contribution is -0.178. The van der Waals surface area contributed by atoms with Crippen LogP contribution in [0.15, 0.2) is 0 Å². The van der Waals surface area contributed by atoms with Crippen LogP contribution < -0.4 is 0 Å². The molecule has 1 N–H and O–H groups in total. The minimum Gasteiger partial charge on any atom is -0.368 e. The summed E-state index contributed by atoms with van der Waals surface area (Å²) in [6.07, 6.45) is -0.488. The highest BCUT2D eigenvalue weighted by molar-refractivity contribution is 4.90. The third-order valence-corrected chi connectivity index (χ3v) is 2.55. The molecule has 3 nitrogen and oxygen atoms in total. The fourth-order valence-electron chi connectivity index (χ4n) is 1.41. The maximum absolute atomic E-state index is 9.24. The fourth-order valence-corrected chi connectivity index (χ4v) is 1.41. The average Bonchev–Trinajstić information content (AvgIpc) is 2.62. The van der Waals surface area contributed by atoms with Crippen molar-refractivity contribution in [3.8, 4) is 0 Å². The quantitative estimate of drug-likeness (QED) is 0.498. The van der Waals surface area contributed by atoms with Gasteiger partial charge in [0.2, 0.25) is 0 Å².